The smallest absolute Gasteiger partial charge is 0.163 e. The highest BCUT2D eigenvalue weighted by Gasteiger charge is 2.41. The topological polar surface area (TPSA) is 46.9 Å². The number of anilines is 1. The molecule has 146 valence electrons. The molecule has 2 heterocycles. The summed E-state index contributed by atoms with van der Waals surface area (Å²) in [6, 6.07) is 20.5. The van der Waals surface area contributed by atoms with Gasteiger partial charge in [0.15, 0.2) is 5.78 Å². The first-order chi connectivity index (χ1) is 13.9. The van der Waals surface area contributed by atoms with Crippen LogP contribution in [0.1, 0.15) is 43.9 Å². The van der Waals surface area contributed by atoms with Gasteiger partial charge in [0.1, 0.15) is 11.9 Å². The summed E-state index contributed by atoms with van der Waals surface area (Å²) in [6.45, 7) is 6.41. The number of carbonyl (C=O) groups is 1. The molecule has 0 saturated carbocycles. The third kappa shape index (κ3) is 3.09. The third-order valence-electron chi connectivity index (χ3n) is 5.92. The number of rotatable bonds is 2. The second-order valence-corrected chi connectivity index (χ2v) is 9.00. The van der Waals surface area contributed by atoms with Crippen LogP contribution in [0.5, 0.6) is 0 Å². The Balaban J connectivity index is 1.69. The monoisotopic (exact) mass is 383 g/mol. The molecule has 0 radical (unpaired) electrons. The number of benzene rings is 2. The minimum atomic E-state index is -0.192. The highest BCUT2D eigenvalue weighted by Crippen LogP contribution is 2.46. The zero-order valence-corrected chi connectivity index (χ0v) is 17.1. The lowest BCUT2D eigenvalue weighted by molar-refractivity contribution is -0.118. The van der Waals surface area contributed by atoms with E-state index in [-0.39, 0.29) is 17.2 Å². The van der Waals surface area contributed by atoms with Crippen LogP contribution in [0.25, 0.3) is 11.3 Å². The van der Waals surface area contributed by atoms with Gasteiger partial charge in [-0.3, -0.25) is 4.79 Å². The van der Waals surface area contributed by atoms with Crippen LogP contribution in [0, 0.1) is 12.3 Å². The molecule has 1 N–H and O–H groups in total. The van der Waals surface area contributed by atoms with Crippen LogP contribution in [-0.2, 0) is 4.79 Å². The Hall–Kier alpha value is -3.14. The molecule has 2 aromatic carbocycles. The normalized spacial score (nSPS) is 20.1. The van der Waals surface area contributed by atoms with E-state index in [4.69, 9.17) is 5.10 Å². The summed E-state index contributed by atoms with van der Waals surface area (Å²) in [4.78, 5) is 13.2. The number of Topliss-reactive ketones (excluding diaryl/α,β-unsaturated/α-hetero) is 1. The molecular formula is C25H25N3O. The highest BCUT2D eigenvalue weighted by molar-refractivity contribution is 6.00. The maximum Gasteiger partial charge on any atom is 0.163 e. The van der Waals surface area contributed by atoms with Crippen molar-refractivity contribution in [2.75, 3.05) is 5.32 Å². The quantitative estimate of drug-likeness (QED) is 0.634. The molecule has 0 spiro atoms. The van der Waals surface area contributed by atoms with Gasteiger partial charge in [0.05, 0.1) is 5.69 Å². The van der Waals surface area contributed by atoms with E-state index in [1.54, 1.807) is 0 Å². The van der Waals surface area contributed by atoms with E-state index in [0.717, 1.165) is 40.3 Å². The number of hydrogen-bond donors (Lipinski definition) is 1. The van der Waals surface area contributed by atoms with Gasteiger partial charge in [-0.05, 0) is 24.3 Å². The first kappa shape index (κ1) is 17.9. The summed E-state index contributed by atoms with van der Waals surface area (Å²) in [5, 5.41) is 8.48. The number of hydrogen-bond acceptors (Lipinski definition) is 3. The zero-order valence-electron chi connectivity index (χ0n) is 17.1. The van der Waals surface area contributed by atoms with Crippen molar-refractivity contribution in [3.05, 3.63) is 83.1 Å². The second-order valence-electron chi connectivity index (χ2n) is 9.00. The fourth-order valence-corrected chi connectivity index (χ4v) is 4.53. The van der Waals surface area contributed by atoms with Crippen molar-refractivity contribution in [3.8, 4) is 11.3 Å². The molecule has 2 aliphatic rings. The van der Waals surface area contributed by atoms with E-state index in [0.29, 0.717) is 6.42 Å². The molecule has 5 rings (SSSR count). The van der Waals surface area contributed by atoms with Gasteiger partial charge in [0.25, 0.3) is 0 Å². The molecule has 1 aliphatic heterocycles. The molecule has 0 saturated heterocycles. The second kappa shape index (κ2) is 6.45. The largest absolute Gasteiger partial charge is 0.343 e. The van der Waals surface area contributed by atoms with Crippen LogP contribution >= 0.6 is 0 Å². The van der Waals surface area contributed by atoms with Gasteiger partial charge in [-0.1, -0.05) is 74.0 Å². The van der Waals surface area contributed by atoms with E-state index in [1.807, 2.05) is 22.9 Å². The molecule has 0 bridgehead atoms. The Morgan fingerprint density at radius 1 is 1.03 bits per heavy atom. The van der Waals surface area contributed by atoms with Gasteiger partial charge in [0.2, 0.25) is 0 Å². The Labute approximate surface area is 171 Å². The Bertz CT molecular complexity index is 1120. The number of nitrogens with one attached hydrogen (secondary N) is 1. The van der Waals surface area contributed by atoms with Gasteiger partial charge in [-0.25, -0.2) is 4.68 Å². The fourth-order valence-electron chi connectivity index (χ4n) is 4.53. The molecule has 0 unspecified atom stereocenters. The summed E-state index contributed by atoms with van der Waals surface area (Å²) in [7, 11) is 0. The van der Waals surface area contributed by atoms with E-state index < -0.39 is 0 Å². The lowest BCUT2D eigenvalue weighted by atomic mass is 9.73. The van der Waals surface area contributed by atoms with E-state index in [9.17, 15) is 4.79 Å². The maximum atomic E-state index is 13.2. The van der Waals surface area contributed by atoms with Crippen LogP contribution in [0.4, 0.5) is 5.82 Å². The summed E-state index contributed by atoms with van der Waals surface area (Å²) in [5.41, 5.74) is 6.17. The number of aryl methyl sites for hydroxylation is 1. The number of ketones is 1. The number of nitrogens with zero attached hydrogens (tertiary/aromatic N) is 2. The molecule has 3 aromatic rings. The number of fused-ring (bicyclic) bond motifs is 1. The van der Waals surface area contributed by atoms with E-state index in [1.165, 1.54) is 5.56 Å². The van der Waals surface area contributed by atoms with Gasteiger partial charge in [-0.2, -0.15) is 5.10 Å². The Kier molecular flexibility index (Phi) is 3.98. The van der Waals surface area contributed by atoms with Crippen molar-refractivity contribution in [3.63, 3.8) is 0 Å². The van der Waals surface area contributed by atoms with Gasteiger partial charge < -0.3 is 5.32 Å². The maximum absolute atomic E-state index is 13.2. The van der Waals surface area contributed by atoms with E-state index >= 15 is 0 Å². The van der Waals surface area contributed by atoms with Gasteiger partial charge in [0, 0.05) is 29.3 Å². The minimum Gasteiger partial charge on any atom is -0.343 e. The number of aromatic nitrogens is 2. The van der Waals surface area contributed by atoms with Crippen LogP contribution in [0.3, 0.4) is 0 Å². The van der Waals surface area contributed by atoms with E-state index in [2.05, 4.69) is 68.6 Å². The standard InChI is InChI=1S/C25H25N3O/c1-16-9-11-18(12-10-16)24-23-20(14-25(2,3)15-21(23)29)26-22-13-19(27-28(22)24)17-7-5-4-6-8-17/h4-13,24,26H,14-15H2,1-3H3/t24-/m1/s1. The molecule has 4 nitrogen and oxygen atoms in total. The summed E-state index contributed by atoms with van der Waals surface area (Å²) in [5.74, 6) is 1.16. The Morgan fingerprint density at radius 3 is 2.48 bits per heavy atom. The Morgan fingerprint density at radius 2 is 1.76 bits per heavy atom. The first-order valence-electron chi connectivity index (χ1n) is 10.2. The van der Waals surface area contributed by atoms with Crippen LogP contribution in [-0.4, -0.2) is 15.6 Å². The minimum absolute atomic E-state index is 0.0365. The average Bonchev–Trinajstić information content (AvgIpc) is 3.10. The van der Waals surface area contributed by atoms with Crippen LogP contribution in [0.15, 0.2) is 71.9 Å². The number of carbonyl (C=O) groups excluding carboxylic acids is 1. The van der Waals surface area contributed by atoms with Gasteiger partial charge >= 0.3 is 0 Å². The average molecular weight is 383 g/mol. The molecule has 1 aliphatic carbocycles. The number of allylic oxidation sites excluding steroid dienone is 2. The van der Waals surface area contributed by atoms with Crippen molar-refractivity contribution in [2.24, 2.45) is 5.41 Å². The van der Waals surface area contributed by atoms with Crippen LogP contribution in [0.2, 0.25) is 0 Å². The zero-order chi connectivity index (χ0) is 20.2. The summed E-state index contributed by atoms with van der Waals surface area (Å²) >= 11 is 0. The summed E-state index contributed by atoms with van der Waals surface area (Å²) in [6.07, 6.45) is 1.43. The molecule has 4 heteroatoms. The van der Waals surface area contributed by atoms with Crippen molar-refractivity contribution < 1.29 is 4.79 Å². The predicted molar refractivity (Wildman–Crippen MR) is 116 cm³/mol. The highest BCUT2D eigenvalue weighted by atomic mass is 16.1. The van der Waals surface area contributed by atoms with Crippen LogP contribution < -0.4 is 5.32 Å². The van der Waals surface area contributed by atoms with Crippen molar-refractivity contribution >= 4 is 11.6 Å². The third-order valence-corrected chi connectivity index (χ3v) is 5.92. The summed E-state index contributed by atoms with van der Waals surface area (Å²) < 4.78 is 1.99. The molecule has 1 aromatic heterocycles. The van der Waals surface area contributed by atoms with Crippen molar-refractivity contribution in [1.29, 1.82) is 0 Å². The van der Waals surface area contributed by atoms with Crippen molar-refractivity contribution in [1.82, 2.24) is 9.78 Å². The van der Waals surface area contributed by atoms with Crippen molar-refractivity contribution in [2.45, 2.75) is 39.7 Å². The first-order valence-corrected chi connectivity index (χ1v) is 10.2. The molecular weight excluding hydrogens is 358 g/mol. The predicted octanol–water partition coefficient (Wildman–Crippen LogP) is 5.52. The fraction of sp³-hybridized carbons (Fsp3) is 0.280. The lowest BCUT2D eigenvalue weighted by Crippen LogP contribution is -2.36. The molecule has 1 atom stereocenters. The molecule has 0 amide bonds. The molecule has 29 heavy (non-hydrogen) atoms. The van der Waals surface area contributed by atoms with Gasteiger partial charge in [-0.15, -0.1) is 0 Å². The SMILES string of the molecule is Cc1ccc([C@@H]2C3=C(CC(C)(C)CC3=O)Nc3cc(-c4ccccc4)nn32)cc1. The lowest BCUT2D eigenvalue weighted by Gasteiger charge is -2.38. The molecule has 0 fully saturated rings.